The molecule has 2 aromatic rings. The Hall–Kier alpha value is -2.26. The zero-order chi connectivity index (χ0) is 16.5. The summed E-state index contributed by atoms with van der Waals surface area (Å²) in [6, 6.07) is 16.1. The number of rotatable bonds is 9. The van der Waals surface area contributed by atoms with Crippen LogP contribution in [-0.4, -0.2) is 24.4 Å². The molecule has 2 N–H and O–H groups in total. The van der Waals surface area contributed by atoms with Gasteiger partial charge >= 0.3 is 0 Å². The standard InChI is InChI=1S/C20H25NO2/c1-3-4-5-17-8-10-18(11-9-17)21-14-19(22)15-23-20-12-6-16(2)7-13-20/h3,6-13,19,21-22H,1,4-5,14-15H2,2H3. The predicted molar refractivity (Wildman–Crippen MR) is 96.1 cm³/mol. The van der Waals surface area contributed by atoms with Gasteiger partial charge in [-0.15, -0.1) is 6.58 Å². The van der Waals surface area contributed by atoms with Gasteiger partial charge in [0.15, 0.2) is 0 Å². The number of ether oxygens (including phenoxy) is 1. The van der Waals surface area contributed by atoms with Gasteiger partial charge in [-0.1, -0.05) is 35.9 Å². The number of benzene rings is 2. The lowest BCUT2D eigenvalue weighted by Crippen LogP contribution is -2.26. The number of nitrogens with one attached hydrogen (secondary N) is 1. The Balaban J connectivity index is 1.72. The van der Waals surface area contributed by atoms with Gasteiger partial charge in [0.25, 0.3) is 0 Å². The number of hydrogen-bond donors (Lipinski definition) is 2. The maximum atomic E-state index is 10.00. The number of hydrogen-bond acceptors (Lipinski definition) is 3. The second-order valence-corrected chi connectivity index (χ2v) is 5.68. The Morgan fingerprint density at radius 2 is 1.83 bits per heavy atom. The first kappa shape index (κ1) is 17.1. The number of allylic oxidation sites excluding steroid dienone is 1. The minimum absolute atomic E-state index is 0.271. The second kappa shape index (κ2) is 9.01. The molecule has 0 spiro atoms. The summed E-state index contributed by atoms with van der Waals surface area (Å²) in [5.74, 6) is 0.779. The summed E-state index contributed by atoms with van der Waals surface area (Å²) in [6.45, 7) is 6.49. The molecule has 2 rings (SSSR count). The highest BCUT2D eigenvalue weighted by Gasteiger charge is 2.05. The number of anilines is 1. The molecule has 2 aromatic carbocycles. The lowest BCUT2D eigenvalue weighted by molar-refractivity contribution is 0.117. The third-order valence-corrected chi connectivity index (χ3v) is 3.60. The average Bonchev–Trinajstić information content (AvgIpc) is 2.58. The van der Waals surface area contributed by atoms with Crippen molar-refractivity contribution in [3.63, 3.8) is 0 Å². The van der Waals surface area contributed by atoms with Gasteiger partial charge in [-0.05, 0) is 49.6 Å². The van der Waals surface area contributed by atoms with Crippen LogP contribution in [0.4, 0.5) is 5.69 Å². The van der Waals surface area contributed by atoms with Gasteiger partial charge in [-0.2, -0.15) is 0 Å². The first-order valence-electron chi connectivity index (χ1n) is 7.98. The van der Waals surface area contributed by atoms with Crippen LogP contribution in [0.1, 0.15) is 17.5 Å². The van der Waals surface area contributed by atoms with Crippen LogP contribution in [-0.2, 0) is 6.42 Å². The molecular weight excluding hydrogens is 286 g/mol. The molecule has 0 radical (unpaired) electrons. The van der Waals surface area contributed by atoms with E-state index >= 15 is 0 Å². The molecule has 1 unspecified atom stereocenters. The Morgan fingerprint density at radius 1 is 1.13 bits per heavy atom. The van der Waals surface area contributed by atoms with Crippen molar-refractivity contribution >= 4 is 5.69 Å². The molecule has 23 heavy (non-hydrogen) atoms. The van der Waals surface area contributed by atoms with E-state index in [4.69, 9.17) is 4.74 Å². The van der Waals surface area contributed by atoms with Crippen molar-refractivity contribution in [3.05, 3.63) is 72.3 Å². The van der Waals surface area contributed by atoms with E-state index < -0.39 is 6.10 Å². The largest absolute Gasteiger partial charge is 0.491 e. The maximum absolute atomic E-state index is 10.00. The number of aliphatic hydroxyl groups excluding tert-OH is 1. The van der Waals surface area contributed by atoms with Crippen LogP contribution in [0.15, 0.2) is 61.2 Å². The van der Waals surface area contributed by atoms with Crippen LogP contribution in [0.5, 0.6) is 5.75 Å². The summed E-state index contributed by atoms with van der Waals surface area (Å²) in [6.07, 6.45) is 3.37. The Bertz CT molecular complexity index is 590. The molecule has 0 saturated carbocycles. The fraction of sp³-hybridized carbons (Fsp3) is 0.300. The SMILES string of the molecule is C=CCCc1ccc(NCC(O)COc2ccc(C)cc2)cc1. The van der Waals surface area contributed by atoms with E-state index in [0.29, 0.717) is 6.54 Å². The lowest BCUT2D eigenvalue weighted by Gasteiger charge is -2.14. The lowest BCUT2D eigenvalue weighted by atomic mass is 10.1. The molecule has 3 heteroatoms. The van der Waals surface area contributed by atoms with Crippen molar-refractivity contribution in [1.82, 2.24) is 0 Å². The molecule has 0 heterocycles. The molecule has 0 aliphatic carbocycles. The zero-order valence-electron chi connectivity index (χ0n) is 13.7. The minimum atomic E-state index is -0.559. The molecule has 0 amide bonds. The summed E-state index contributed by atoms with van der Waals surface area (Å²) in [5, 5.41) is 13.2. The third-order valence-electron chi connectivity index (χ3n) is 3.60. The van der Waals surface area contributed by atoms with Crippen molar-refractivity contribution in [2.45, 2.75) is 25.9 Å². The summed E-state index contributed by atoms with van der Waals surface area (Å²) in [4.78, 5) is 0. The van der Waals surface area contributed by atoms with Crippen LogP contribution >= 0.6 is 0 Å². The molecule has 3 nitrogen and oxygen atoms in total. The van der Waals surface area contributed by atoms with Crippen LogP contribution in [0.2, 0.25) is 0 Å². The van der Waals surface area contributed by atoms with Crippen LogP contribution < -0.4 is 10.1 Å². The molecule has 0 saturated heterocycles. The molecule has 0 aliphatic heterocycles. The first-order chi connectivity index (χ1) is 11.2. The third kappa shape index (κ3) is 6.17. The first-order valence-corrected chi connectivity index (χ1v) is 7.98. The molecule has 0 fully saturated rings. The summed E-state index contributed by atoms with van der Waals surface area (Å²) < 4.78 is 5.58. The Morgan fingerprint density at radius 3 is 2.48 bits per heavy atom. The normalized spacial score (nSPS) is 11.7. The maximum Gasteiger partial charge on any atom is 0.119 e. The highest BCUT2D eigenvalue weighted by atomic mass is 16.5. The van der Waals surface area contributed by atoms with Crippen LogP contribution in [0.3, 0.4) is 0 Å². The molecule has 0 aromatic heterocycles. The minimum Gasteiger partial charge on any atom is -0.491 e. The van der Waals surface area contributed by atoms with E-state index in [0.717, 1.165) is 24.3 Å². The van der Waals surface area contributed by atoms with Crippen molar-refractivity contribution in [2.24, 2.45) is 0 Å². The zero-order valence-corrected chi connectivity index (χ0v) is 13.7. The number of aliphatic hydroxyl groups is 1. The van der Waals surface area contributed by atoms with Crippen LogP contribution in [0.25, 0.3) is 0 Å². The van der Waals surface area contributed by atoms with E-state index in [1.165, 1.54) is 11.1 Å². The fourth-order valence-corrected chi connectivity index (χ4v) is 2.18. The van der Waals surface area contributed by atoms with Crippen LogP contribution in [0, 0.1) is 6.92 Å². The van der Waals surface area contributed by atoms with Gasteiger partial charge < -0.3 is 15.2 Å². The highest BCUT2D eigenvalue weighted by Crippen LogP contribution is 2.13. The van der Waals surface area contributed by atoms with Gasteiger partial charge in [0.2, 0.25) is 0 Å². The summed E-state index contributed by atoms with van der Waals surface area (Å²) >= 11 is 0. The molecule has 0 aliphatic rings. The second-order valence-electron chi connectivity index (χ2n) is 5.68. The number of aryl methyl sites for hydroxylation is 2. The van der Waals surface area contributed by atoms with Gasteiger partial charge in [0.1, 0.15) is 18.5 Å². The Kier molecular flexibility index (Phi) is 6.70. The molecule has 122 valence electrons. The quantitative estimate of drug-likeness (QED) is 0.689. The van der Waals surface area contributed by atoms with Gasteiger partial charge in [-0.25, -0.2) is 0 Å². The van der Waals surface area contributed by atoms with E-state index in [9.17, 15) is 5.11 Å². The predicted octanol–water partition coefficient (Wildman–Crippen LogP) is 3.97. The fourth-order valence-electron chi connectivity index (χ4n) is 2.18. The van der Waals surface area contributed by atoms with Crippen molar-refractivity contribution in [3.8, 4) is 5.75 Å². The summed E-state index contributed by atoms with van der Waals surface area (Å²) in [5.41, 5.74) is 3.48. The van der Waals surface area contributed by atoms with Gasteiger partial charge in [-0.3, -0.25) is 0 Å². The molecule has 0 bridgehead atoms. The average molecular weight is 311 g/mol. The molecule has 1 atom stereocenters. The van der Waals surface area contributed by atoms with E-state index in [1.54, 1.807) is 0 Å². The van der Waals surface area contributed by atoms with Crippen molar-refractivity contribution < 1.29 is 9.84 Å². The van der Waals surface area contributed by atoms with Crippen molar-refractivity contribution in [2.75, 3.05) is 18.5 Å². The topological polar surface area (TPSA) is 41.5 Å². The summed E-state index contributed by atoms with van der Waals surface area (Å²) in [7, 11) is 0. The van der Waals surface area contributed by atoms with Gasteiger partial charge in [0, 0.05) is 12.2 Å². The Labute approximate surface area is 138 Å². The highest BCUT2D eigenvalue weighted by molar-refractivity contribution is 5.44. The smallest absolute Gasteiger partial charge is 0.119 e. The molecular formula is C20H25NO2. The monoisotopic (exact) mass is 311 g/mol. The van der Waals surface area contributed by atoms with E-state index in [2.05, 4.69) is 24.0 Å². The van der Waals surface area contributed by atoms with Crippen molar-refractivity contribution in [1.29, 1.82) is 0 Å². The van der Waals surface area contributed by atoms with E-state index in [-0.39, 0.29) is 6.61 Å². The van der Waals surface area contributed by atoms with Gasteiger partial charge in [0.05, 0.1) is 0 Å². The van der Waals surface area contributed by atoms with E-state index in [1.807, 2.05) is 49.4 Å².